The molecule has 0 radical (unpaired) electrons. The van der Waals surface area contributed by atoms with Gasteiger partial charge >= 0.3 is 0 Å². The van der Waals surface area contributed by atoms with Crippen LogP contribution in [0.5, 0.6) is 0 Å². The molecule has 2 rings (SSSR count). The summed E-state index contributed by atoms with van der Waals surface area (Å²) in [5, 5.41) is 8.81. The van der Waals surface area contributed by atoms with Gasteiger partial charge in [-0.3, -0.25) is 0 Å². The average Bonchev–Trinajstić information content (AvgIpc) is 2.38. The summed E-state index contributed by atoms with van der Waals surface area (Å²) >= 11 is 0. The van der Waals surface area contributed by atoms with Gasteiger partial charge in [0.1, 0.15) is 11.6 Å². The molecule has 0 saturated heterocycles. The molecule has 0 atom stereocenters. The van der Waals surface area contributed by atoms with Gasteiger partial charge in [-0.1, -0.05) is 12.1 Å². The van der Waals surface area contributed by atoms with Gasteiger partial charge in [0.05, 0.1) is 11.6 Å². The Balaban J connectivity index is 2.23. The Kier molecular flexibility index (Phi) is 3.76. The first-order valence-corrected chi connectivity index (χ1v) is 5.75. The summed E-state index contributed by atoms with van der Waals surface area (Å²) in [6.45, 7) is 0.437. The van der Waals surface area contributed by atoms with Crippen molar-refractivity contribution < 1.29 is 8.78 Å². The van der Waals surface area contributed by atoms with Crippen molar-refractivity contribution in [1.82, 2.24) is 0 Å². The predicted molar refractivity (Wildman–Crippen MR) is 69.6 cm³/mol. The van der Waals surface area contributed by atoms with Crippen molar-refractivity contribution in [3.63, 3.8) is 0 Å². The zero-order chi connectivity index (χ0) is 13.8. The van der Waals surface area contributed by atoms with Crippen molar-refractivity contribution in [2.75, 3.05) is 11.9 Å². The summed E-state index contributed by atoms with van der Waals surface area (Å²) in [6.07, 6.45) is 0. The van der Waals surface area contributed by atoms with Gasteiger partial charge in [-0.15, -0.1) is 0 Å². The van der Waals surface area contributed by atoms with E-state index in [1.165, 1.54) is 24.3 Å². The van der Waals surface area contributed by atoms with Gasteiger partial charge in [-0.05, 0) is 35.9 Å². The minimum atomic E-state index is -0.458. The number of hydrogen-bond acceptors (Lipinski definition) is 2. The number of benzene rings is 2. The van der Waals surface area contributed by atoms with Crippen molar-refractivity contribution in [2.24, 2.45) is 0 Å². The van der Waals surface area contributed by atoms with Crippen LogP contribution < -0.4 is 4.90 Å². The Morgan fingerprint density at radius 1 is 1.11 bits per heavy atom. The lowest BCUT2D eigenvalue weighted by molar-refractivity contribution is 0.623. The third kappa shape index (κ3) is 3.29. The third-order valence-corrected chi connectivity index (χ3v) is 2.76. The fourth-order valence-corrected chi connectivity index (χ4v) is 1.86. The fourth-order valence-electron chi connectivity index (χ4n) is 1.86. The van der Waals surface area contributed by atoms with Gasteiger partial charge in [0, 0.05) is 19.3 Å². The molecular weight excluding hydrogens is 246 g/mol. The van der Waals surface area contributed by atoms with Crippen LogP contribution in [0.25, 0.3) is 0 Å². The molecule has 2 nitrogen and oxygen atoms in total. The highest BCUT2D eigenvalue weighted by Crippen LogP contribution is 2.19. The van der Waals surface area contributed by atoms with E-state index in [0.717, 1.165) is 5.56 Å². The van der Waals surface area contributed by atoms with Crippen LogP contribution in [0.1, 0.15) is 11.1 Å². The maximum absolute atomic E-state index is 13.3. The van der Waals surface area contributed by atoms with Crippen molar-refractivity contribution in [1.29, 1.82) is 5.26 Å². The molecule has 0 amide bonds. The number of anilines is 1. The van der Waals surface area contributed by atoms with Crippen molar-refractivity contribution in [3.8, 4) is 6.07 Å². The van der Waals surface area contributed by atoms with Crippen LogP contribution in [-0.4, -0.2) is 7.05 Å². The summed E-state index contributed by atoms with van der Waals surface area (Å²) in [5.41, 5.74) is 1.63. The van der Waals surface area contributed by atoms with Gasteiger partial charge in [-0.25, -0.2) is 8.78 Å². The molecule has 19 heavy (non-hydrogen) atoms. The highest BCUT2D eigenvalue weighted by molar-refractivity contribution is 5.51. The lowest BCUT2D eigenvalue weighted by Crippen LogP contribution is -2.16. The van der Waals surface area contributed by atoms with Gasteiger partial charge < -0.3 is 4.90 Å². The Hall–Kier alpha value is -2.41. The Labute approximate surface area is 110 Å². The topological polar surface area (TPSA) is 27.0 Å². The quantitative estimate of drug-likeness (QED) is 0.842. The second kappa shape index (κ2) is 5.49. The van der Waals surface area contributed by atoms with Crippen LogP contribution in [0.15, 0.2) is 42.5 Å². The molecule has 0 aliphatic heterocycles. The van der Waals surface area contributed by atoms with E-state index in [1.54, 1.807) is 30.1 Å². The standard InChI is InChI=1S/C15H12F2N2/c1-19(10-11-3-2-4-13(16)5-11)15-7-12(9-18)6-14(17)8-15/h2-8H,10H2,1H3. The number of rotatable bonds is 3. The first-order chi connectivity index (χ1) is 9.08. The van der Waals surface area contributed by atoms with E-state index < -0.39 is 5.82 Å². The molecule has 0 N–H and O–H groups in total. The minimum absolute atomic E-state index is 0.265. The summed E-state index contributed by atoms with van der Waals surface area (Å²) in [6, 6.07) is 12.3. The lowest BCUT2D eigenvalue weighted by atomic mass is 10.1. The lowest BCUT2D eigenvalue weighted by Gasteiger charge is -2.19. The Bertz CT molecular complexity index is 632. The minimum Gasteiger partial charge on any atom is -0.370 e. The monoisotopic (exact) mass is 258 g/mol. The number of nitriles is 1. The van der Waals surface area contributed by atoms with Crippen LogP contribution in [0.3, 0.4) is 0 Å². The third-order valence-electron chi connectivity index (χ3n) is 2.76. The second-order valence-corrected chi connectivity index (χ2v) is 4.30. The summed E-state index contributed by atoms with van der Waals surface area (Å²) in [4.78, 5) is 1.76. The smallest absolute Gasteiger partial charge is 0.126 e. The maximum Gasteiger partial charge on any atom is 0.126 e. The summed E-state index contributed by atoms with van der Waals surface area (Å²) in [5.74, 6) is -0.761. The Morgan fingerprint density at radius 2 is 1.89 bits per heavy atom. The largest absolute Gasteiger partial charge is 0.370 e. The molecule has 0 bridgehead atoms. The molecule has 0 heterocycles. The Morgan fingerprint density at radius 3 is 2.58 bits per heavy atom. The van der Waals surface area contributed by atoms with E-state index in [2.05, 4.69) is 0 Å². The van der Waals surface area contributed by atoms with Gasteiger partial charge in [0.15, 0.2) is 0 Å². The van der Waals surface area contributed by atoms with Crippen molar-refractivity contribution >= 4 is 5.69 Å². The average molecular weight is 258 g/mol. The molecule has 2 aromatic rings. The van der Waals surface area contributed by atoms with Gasteiger partial charge in [0.2, 0.25) is 0 Å². The molecule has 0 unspecified atom stereocenters. The van der Waals surface area contributed by atoms with Crippen molar-refractivity contribution in [3.05, 3.63) is 65.2 Å². The summed E-state index contributed by atoms with van der Waals surface area (Å²) < 4.78 is 26.4. The van der Waals surface area contributed by atoms with E-state index in [9.17, 15) is 8.78 Å². The van der Waals surface area contributed by atoms with E-state index in [0.29, 0.717) is 12.2 Å². The van der Waals surface area contributed by atoms with Crippen LogP contribution >= 0.6 is 0 Å². The molecule has 0 fully saturated rings. The van der Waals surface area contributed by atoms with E-state index in [4.69, 9.17) is 5.26 Å². The molecule has 0 aliphatic carbocycles. The molecule has 0 saturated carbocycles. The van der Waals surface area contributed by atoms with E-state index in [-0.39, 0.29) is 11.4 Å². The van der Waals surface area contributed by atoms with Crippen LogP contribution in [0.2, 0.25) is 0 Å². The number of halogens is 2. The number of hydrogen-bond donors (Lipinski definition) is 0. The zero-order valence-corrected chi connectivity index (χ0v) is 10.4. The number of nitrogens with zero attached hydrogens (tertiary/aromatic N) is 2. The normalized spacial score (nSPS) is 10.0. The highest BCUT2D eigenvalue weighted by atomic mass is 19.1. The molecule has 2 aromatic carbocycles. The van der Waals surface area contributed by atoms with Crippen LogP contribution in [0.4, 0.5) is 14.5 Å². The first-order valence-electron chi connectivity index (χ1n) is 5.75. The highest BCUT2D eigenvalue weighted by Gasteiger charge is 2.06. The van der Waals surface area contributed by atoms with Crippen molar-refractivity contribution in [2.45, 2.75) is 6.54 Å². The van der Waals surface area contributed by atoms with Crippen LogP contribution in [-0.2, 0) is 6.54 Å². The molecular formula is C15H12F2N2. The molecule has 0 spiro atoms. The van der Waals surface area contributed by atoms with Gasteiger partial charge in [-0.2, -0.15) is 5.26 Å². The van der Waals surface area contributed by atoms with E-state index in [1.807, 2.05) is 6.07 Å². The van der Waals surface area contributed by atoms with E-state index >= 15 is 0 Å². The zero-order valence-electron chi connectivity index (χ0n) is 10.4. The fraction of sp³-hybridized carbons (Fsp3) is 0.133. The predicted octanol–water partition coefficient (Wildman–Crippen LogP) is 3.47. The maximum atomic E-state index is 13.3. The SMILES string of the molecule is CN(Cc1cccc(F)c1)c1cc(F)cc(C#N)c1. The molecule has 4 heteroatoms. The molecule has 96 valence electrons. The summed E-state index contributed by atoms with van der Waals surface area (Å²) in [7, 11) is 1.76. The molecule has 0 aliphatic rings. The second-order valence-electron chi connectivity index (χ2n) is 4.30. The van der Waals surface area contributed by atoms with Gasteiger partial charge in [0.25, 0.3) is 0 Å². The first kappa shape index (κ1) is 13.0. The van der Waals surface area contributed by atoms with Crippen LogP contribution in [0, 0.1) is 23.0 Å². The molecule has 0 aromatic heterocycles.